The Balaban J connectivity index is 1.82. The van der Waals surface area contributed by atoms with Crippen LogP contribution in [0.15, 0.2) is 48.5 Å². The molecule has 1 aliphatic rings. The molecule has 3 rings (SSSR count). The second-order valence-electron chi connectivity index (χ2n) is 5.73. The van der Waals surface area contributed by atoms with Gasteiger partial charge in [0.25, 0.3) is 0 Å². The maximum atomic E-state index is 13.6. The van der Waals surface area contributed by atoms with Gasteiger partial charge in [0.15, 0.2) is 0 Å². The third-order valence-electron chi connectivity index (χ3n) is 3.75. The Hall–Kier alpha value is -2.89. The number of para-hydroxylation sites is 1. The summed E-state index contributed by atoms with van der Waals surface area (Å²) in [5.41, 5.74) is 1.40. The highest BCUT2D eigenvalue weighted by Gasteiger charge is 2.33. The summed E-state index contributed by atoms with van der Waals surface area (Å²) >= 11 is 0. The monoisotopic (exact) mass is 327 g/mol. The lowest BCUT2D eigenvalue weighted by atomic mass is 10.2. The molecule has 0 atom stereocenters. The number of rotatable bonds is 4. The first-order valence-corrected chi connectivity index (χ1v) is 7.77. The summed E-state index contributed by atoms with van der Waals surface area (Å²) < 4.78 is 13.6. The average molecular weight is 327 g/mol. The molecule has 5 nitrogen and oxygen atoms in total. The van der Waals surface area contributed by atoms with Gasteiger partial charge in [-0.3, -0.25) is 4.79 Å². The summed E-state index contributed by atoms with van der Waals surface area (Å²) in [5, 5.41) is 5.31. The molecule has 2 aromatic rings. The summed E-state index contributed by atoms with van der Waals surface area (Å²) in [4.78, 5) is 25.7. The zero-order valence-corrected chi connectivity index (χ0v) is 13.3. The molecule has 24 heavy (non-hydrogen) atoms. The minimum absolute atomic E-state index is 0.116. The van der Waals surface area contributed by atoms with Gasteiger partial charge in [-0.15, -0.1) is 0 Å². The van der Waals surface area contributed by atoms with Crippen LogP contribution in [0, 0.1) is 5.82 Å². The quantitative estimate of drug-likeness (QED) is 0.892. The Morgan fingerprint density at radius 1 is 1.08 bits per heavy atom. The number of anilines is 3. The van der Waals surface area contributed by atoms with Gasteiger partial charge >= 0.3 is 6.03 Å². The Labute approximate surface area is 139 Å². The van der Waals surface area contributed by atoms with Crippen molar-refractivity contribution in [3.05, 3.63) is 54.3 Å². The van der Waals surface area contributed by atoms with Gasteiger partial charge < -0.3 is 15.5 Å². The third kappa shape index (κ3) is 3.71. The molecule has 1 aliphatic carbocycles. The van der Waals surface area contributed by atoms with E-state index in [0.29, 0.717) is 11.4 Å². The number of amides is 3. The summed E-state index contributed by atoms with van der Waals surface area (Å²) in [6.45, 7) is 1.47. The highest BCUT2D eigenvalue weighted by atomic mass is 19.1. The van der Waals surface area contributed by atoms with Gasteiger partial charge in [-0.2, -0.15) is 0 Å². The average Bonchev–Trinajstić information content (AvgIpc) is 3.35. The molecule has 0 radical (unpaired) electrons. The predicted octanol–water partition coefficient (Wildman–Crippen LogP) is 3.99. The lowest BCUT2D eigenvalue weighted by molar-refractivity contribution is -0.116. The molecule has 0 aliphatic heterocycles. The molecule has 0 bridgehead atoms. The summed E-state index contributed by atoms with van der Waals surface area (Å²) in [5.74, 6) is -0.608. The number of carbonyl (C=O) groups is 2. The maximum Gasteiger partial charge on any atom is 0.323 e. The summed E-state index contributed by atoms with van der Waals surface area (Å²) in [7, 11) is 0. The molecule has 0 heterocycles. The van der Waals surface area contributed by atoms with E-state index in [2.05, 4.69) is 10.6 Å². The summed E-state index contributed by atoms with van der Waals surface area (Å²) in [6.07, 6.45) is 1.82. The normalized spacial score (nSPS) is 13.2. The van der Waals surface area contributed by atoms with Crippen LogP contribution in [-0.4, -0.2) is 18.0 Å². The van der Waals surface area contributed by atoms with E-state index in [9.17, 15) is 14.0 Å². The van der Waals surface area contributed by atoms with E-state index in [1.165, 1.54) is 25.1 Å². The molecule has 2 N–H and O–H groups in total. The molecule has 6 heteroatoms. The third-order valence-corrected chi connectivity index (χ3v) is 3.75. The molecule has 0 saturated heterocycles. The van der Waals surface area contributed by atoms with Crippen LogP contribution >= 0.6 is 0 Å². The van der Waals surface area contributed by atoms with Gasteiger partial charge in [0.2, 0.25) is 5.91 Å². The van der Waals surface area contributed by atoms with E-state index in [4.69, 9.17) is 0 Å². The predicted molar refractivity (Wildman–Crippen MR) is 91.7 cm³/mol. The lowest BCUT2D eigenvalue weighted by Crippen LogP contribution is -2.32. The van der Waals surface area contributed by atoms with Gasteiger partial charge in [-0.05, 0) is 43.2 Å². The van der Waals surface area contributed by atoms with Crippen molar-refractivity contribution >= 4 is 29.0 Å². The summed E-state index contributed by atoms with van der Waals surface area (Å²) in [6, 6.07) is 12.6. The zero-order valence-electron chi connectivity index (χ0n) is 13.3. The first-order valence-electron chi connectivity index (χ1n) is 7.77. The molecule has 0 aromatic heterocycles. The number of carbonyl (C=O) groups excluding carboxylic acids is 2. The smallest absolute Gasteiger partial charge is 0.308 e. The second-order valence-corrected chi connectivity index (χ2v) is 5.73. The standard InChI is InChI=1S/C18H18FN3O2/c1-12(23)22(15-8-9-15)17-10-7-13(19)11-16(17)21-18(24)20-14-5-3-2-4-6-14/h2-7,10-11,15H,8-9H2,1H3,(H2,20,21,24). The first-order chi connectivity index (χ1) is 11.5. The van der Waals surface area contributed by atoms with E-state index in [1.54, 1.807) is 29.2 Å². The molecule has 3 amide bonds. The largest absolute Gasteiger partial charge is 0.323 e. The number of nitrogens with zero attached hydrogens (tertiary/aromatic N) is 1. The maximum absolute atomic E-state index is 13.6. The lowest BCUT2D eigenvalue weighted by Gasteiger charge is -2.24. The minimum atomic E-state index is -0.493. The van der Waals surface area contributed by atoms with Crippen molar-refractivity contribution in [2.45, 2.75) is 25.8 Å². The van der Waals surface area contributed by atoms with Crippen molar-refractivity contribution in [2.75, 3.05) is 15.5 Å². The number of hydrogen-bond donors (Lipinski definition) is 2. The van der Waals surface area contributed by atoms with E-state index < -0.39 is 11.8 Å². The van der Waals surface area contributed by atoms with Crippen LogP contribution in [0.5, 0.6) is 0 Å². The number of halogens is 1. The zero-order chi connectivity index (χ0) is 17.1. The van der Waals surface area contributed by atoms with Gasteiger partial charge in [0, 0.05) is 18.7 Å². The molecular formula is C18H18FN3O2. The van der Waals surface area contributed by atoms with E-state index in [-0.39, 0.29) is 17.6 Å². The SMILES string of the molecule is CC(=O)N(c1ccc(F)cc1NC(=O)Nc1ccccc1)C1CC1. The number of hydrogen-bond acceptors (Lipinski definition) is 2. The van der Waals surface area contributed by atoms with Crippen LogP contribution in [0.3, 0.4) is 0 Å². The number of urea groups is 1. The Kier molecular flexibility index (Phi) is 4.46. The van der Waals surface area contributed by atoms with Crippen molar-refractivity contribution in [3.63, 3.8) is 0 Å². The van der Waals surface area contributed by atoms with Gasteiger partial charge in [0.05, 0.1) is 11.4 Å². The highest BCUT2D eigenvalue weighted by Crippen LogP contribution is 2.36. The van der Waals surface area contributed by atoms with Gasteiger partial charge in [-0.25, -0.2) is 9.18 Å². The second kappa shape index (κ2) is 6.70. The minimum Gasteiger partial charge on any atom is -0.308 e. The van der Waals surface area contributed by atoms with E-state index >= 15 is 0 Å². The Morgan fingerprint density at radius 3 is 2.42 bits per heavy atom. The van der Waals surface area contributed by atoms with Crippen LogP contribution in [0.4, 0.5) is 26.2 Å². The molecular weight excluding hydrogens is 309 g/mol. The molecule has 0 unspecified atom stereocenters. The molecule has 2 aromatic carbocycles. The van der Waals surface area contributed by atoms with Crippen LogP contribution in [0.2, 0.25) is 0 Å². The van der Waals surface area contributed by atoms with Crippen molar-refractivity contribution < 1.29 is 14.0 Å². The first kappa shape index (κ1) is 16.0. The van der Waals surface area contributed by atoms with Crippen LogP contribution in [-0.2, 0) is 4.79 Å². The number of benzene rings is 2. The Morgan fingerprint density at radius 2 is 1.79 bits per heavy atom. The molecule has 0 spiro atoms. The molecule has 1 fully saturated rings. The van der Waals surface area contributed by atoms with Crippen molar-refractivity contribution in [1.82, 2.24) is 0 Å². The number of nitrogens with one attached hydrogen (secondary N) is 2. The van der Waals surface area contributed by atoms with Crippen molar-refractivity contribution in [2.24, 2.45) is 0 Å². The van der Waals surface area contributed by atoms with Crippen molar-refractivity contribution in [3.8, 4) is 0 Å². The highest BCUT2D eigenvalue weighted by molar-refractivity contribution is 6.04. The van der Waals surface area contributed by atoms with E-state index in [1.807, 2.05) is 6.07 Å². The topological polar surface area (TPSA) is 61.4 Å². The van der Waals surface area contributed by atoms with Crippen LogP contribution in [0.1, 0.15) is 19.8 Å². The fourth-order valence-electron chi connectivity index (χ4n) is 2.58. The van der Waals surface area contributed by atoms with Crippen LogP contribution in [0.25, 0.3) is 0 Å². The van der Waals surface area contributed by atoms with Crippen LogP contribution < -0.4 is 15.5 Å². The fraction of sp³-hybridized carbons (Fsp3) is 0.222. The van der Waals surface area contributed by atoms with E-state index in [0.717, 1.165) is 12.8 Å². The Bertz CT molecular complexity index is 760. The fourth-order valence-corrected chi connectivity index (χ4v) is 2.58. The molecule has 124 valence electrons. The molecule has 1 saturated carbocycles. The van der Waals surface area contributed by atoms with Gasteiger partial charge in [0.1, 0.15) is 5.82 Å². The van der Waals surface area contributed by atoms with Gasteiger partial charge in [-0.1, -0.05) is 18.2 Å². The van der Waals surface area contributed by atoms with Crippen molar-refractivity contribution in [1.29, 1.82) is 0 Å².